The van der Waals surface area contributed by atoms with Crippen molar-refractivity contribution in [3.63, 3.8) is 0 Å². The first-order valence-corrected chi connectivity index (χ1v) is 14.3. The van der Waals surface area contributed by atoms with Crippen LogP contribution in [0.2, 0.25) is 5.02 Å². The third-order valence-corrected chi connectivity index (χ3v) is 8.11. The lowest BCUT2D eigenvalue weighted by Gasteiger charge is -2.18. The number of fused-ring (bicyclic) bond motifs is 1. The van der Waals surface area contributed by atoms with Crippen molar-refractivity contribution >= 4 is 11.6 Å². The molecule has 210 valence electrons. The van der Waals surface area contributed by atoms with E-state index < -0.39 is 0 Å². The number of ether oxygens (including phenoxy) is 1. The first-order valence-electron chi connectivity index (χ1n) is 13.9. The van der Waals surface area contributed by atoms with E-state index in [9.17, 15) is 9.65 Å². The molecule has 8 heteroatoms. The summed E-state index contributed by atoms with van der Waals surface area (Å²) in [5.41, 5.74) is 8.29. The molecular weight excluding hydrogens is 549 g/mol. The van der Waals surface area contributed by atoms with E-state index in [1.807, 2.05) is 36.4 Å². The summed E-state index contributed by atoms with van der Waals surface area (Å²) < 4.78 is 21.0. The van der Waals surface area contributed by atoms with Crippen LogP contribution in [0.4, 0.5) is 4.39 Å². The second-order valence-electron chi connectivity index (χ2n) is 10.5. The molecule has 1 aliphatic rings. The topological polar surface area (TPSA) is 86.6 Å². The fourth-order valence-corrected chi connectivity index (χ4v) is 5.98. The number of pyridine rings is 1. The fourth-order valence-electron chi connectivity index (χ4n) is 5.72. The van der Waals surface area contributed by atoms with Crippen LogP contribution in [0.1, 0.15) is 51.4 Å². The van der Waals surface area contributed by atoms with Crippen LogP contribution in [0, 0.1) is 17.1 Å². The Kier molecular flexibility index (Phi) is 8.27. The molecule has 6 nitrogen and oxygen atoms in total. The van der Waals surface area contributed by atoms with Crippen LogP contribution in [0.3, 0.4) is 0 Å². The number of benzene rings is 3. The van der Waals surface area contributed by atoms with E-state index in [4.69, 9.17) is 16.3 Å². The van der Waals surface area contributed by atoms with Crippen LogP contribution < -0.4 is 10.1 Å². The number of imidazole rings is 1. The molecular formula is C34H29ClFN5O. The van der Waals surface area contributed by atoms with Crippen LogP contribution in [0.15, 0.2) is 85.6 Å². The van der Waals surface area contributed by atoms with Crippen molar-refractivity contribution in [3.05, 3.63) is 135 Å². The Labute approximate surface area is 249 Å². The molecule has 0 radical (unpaired) electrons. The molecule has 0 saturated heterocycles. The van der Waals surface area contributed by atoms with Gasteiger partial charge in [0, 0.05) is 59.1 Å². The van der Waals surface area contributed by atoms with Crippen molar-refractivity contribution in [2.45, 2.75) is 44.9 Å². The lowest BCUT2D eigenvalue weighted by Crippen LogP contribution is -2.14. The standard InChI is InChI=1S/C34H29ClFN5O/c35-32-12-26(17-39-18-27-19-40-21-41-27)34(42-20-23-10-22(14-37)15-38-16-23)13-25(32)11-24-8-9-30-28(24)5-3-6-29(30)31-4-1-2-7-33(31)36/h1-7,10,12-13,15-16,19,21,24,39H,8-9,11,17-18,20H2,(H,40,41)/t24-/m1/s1. The maximum atomic E-state index is 14.7. The van der Waals surface area contributed by atoms with Crippen molar-refractivity contribution in [2.75, 3.05) is 0 Å². The van der Waals surface area contributed by atoms with Crippen LogP contribution in [-0.4, -0.2) is 15.0 Å². The number of hydrogen-bond donors (Lipinski definition) is 2. The predicted octanol–water partition coefficient (Wildman–Crippen LogP) is 7.28. The molecule has 5 aromatic rings. The van der Waals surface area contributed by atoms with E-state index in [1.54, 1.807) is 30.9 Å². The average Bonchev–Trinajstić information content (AvgIpc) is 3.68. The number of nitriles is 1. The van der Waals surface area contributed by atoms with Crippen molar-refractivity contribution in [3.8, 4) is 22.9 Å². The zero-order chi connectivity index (χ0) is 28.9. The quantitative estimate of drug-likeness (QED) is 0.182. The molecule has 0 aliphatic heterocycles. The largest absolute Gasteiger partial charge is 0.489 e. The minimum Gasteiger partial charge on any atom is -0.489 e. The number of rotatable bonds is 10. The van der Waals surface area contributed by atoms with Crippen molar-refractivity contribution in [1.29, 1.82) is 5.26 Å². The Balaban J connectivity index is 1.26. The number of H-pyrrole nitrogens is 1. The summed E-state index contributed by atoms with van der Waals surface area (Å²) in [5, 5.41) is 13.4. The van der Waals surface area contributed by atoms with E-state index >= 15 is 0 Å². The van der Waals surface area contributed by atoms with Gasteiger partial charge in [-0.15, -0.1) is 0 Å². The Morgan fingerprint density at radius 1 is 1.00 bits per heavy atom. The fraction of sp³-hybridized carbons (Fsp3) is 0.206. The lowest BCUT2D eigenvalue weighted by molar-refractivity contribution is 0.301. The molecule has 0 spiro atoms. The molecule has 3 aromatic carbocycles. The summed E-state index contributed by atoms with van der Waals surface area (Å²) >= 11 is 6.89. The second kappa shape index (κ2) is 12.6. The normalized spacial score (nSPS) is 14.0. The van der Waals surface area contributed by atoms with Gasteiger partial charge in [-0.25, -0.2) is 9.37 Å². The molecule has 0 amide bonds. The highest BCUT2D eigenvalue weighted by molar-refractivity contribution is 6.31. The number of nitrogens with zero attached hydrogens (tertiary/aromatic N) is 3. The van der Waals surface area contributed by atoms with Crippen LogP contribution in [-0.2, 0) is 32.5 Å². The molecule has 0 bridgehead atoms. The minimum atomic E-state index is -0.202. The van der Waals surface area contributed by atoms with E-state index in [1.165, 1.54) is 23.4 Å². The molecule has 6 rings (SSSR count). The second-order valence-corrected chi connectivity index (χ2v) is 10.9. The molecule has 2 aromatic heterocycles. The Morgan fingerprint density at radius 2 is 1.88 bits per heavy atom. The van der Waals surface area contributed by atoms with Gasteiger partial charge in [-0.05, 0) is 71.7 Å². The average molecular weight is 578 g/mol. The molecule has 0 fully saturated rings. The number of nitrogens with one attached hydrogen (secondary N) is 2. The minimum absolute atomic E-state index is 0.202. The van der Waals surface area contributed by atoms with Gasteiger partial charge in [0.15, 0.2) is 0 Å². The highest BCUT2D eigenvalue weighted by atomic mass is 35.5. The van der Waals surface area contributed by atoms with Crippen LogP contribution in [0.25, 0.3) is 11.1 Å². The molecule has 2 N–H and O–H groups in total. The van der Waals surface area contributed by atoms with Gasteiger partial charge in [0.1, 0.15) is 24.2 Å². The number of hydrogen-bond acceptors (Lipinski definition) is 5. The summed E-state index contributed by atoms with van der Waals surface area (Å²) in [6, 6.07) is 21.1. The van der Waals surface area contributed by atoms with E-state index in [-0.39, 0.29) is 18.3 Å². The summed E-state index contributed by atoms with van der Waals surface area (Å²) in [5.74, 6) is 0.788. The van der Waals surface area contributed by atoms with E-state index in [2.05, 4.69) is 32.4 Å². The zero-order valence-electron chi connectivity index (χ0n) is 22.9. The summed E-state index contributed by atoms with van der Waals surface area (Å²) in [6.45, 7) is 1.44. The molecule has 1 atom stereocenters. The van der Waals surface area contributed by atoms with Crippen LogP contribution in [0.5, 0.6) is 5.75 Å². The van der Waals surface area contributed by atoms with Crippen molar-refractivity contribution < 1.29 is 9.13 Å². The first-order chi connectivity index (χ1) is 20.6. The summed E-state index contributed by atoms with van der Waals surface area (Å²) in [4.78, 5) is 11.3. The van der Waals surface area contributed by atoms with Gasteiger partial charge in [-0.3, -0.25) is 4.98 Å². The SMILES string of the molecule is N#Cc1cncc(COc2cc(C[C@H]3CCc4c(-c5ccccc5F)cccc43)c(Cl)cc2CNCc2cnc[nH]2)c1. The molecule has 1 aliphatic carbocycles. The highest BCUT2D eigenvalue weighted by Gasteiger charge is 2.27. The van der Waals surface area contributed by atoms with Gasteiger partial charge in [0.2, 0.25) is 0 Å². The predicted molar refractivity (Wildman–Crippen MR) is 160 cm³/mol. The number of halogens is 2. The maximum absolute atomic E-state index is 14.7. The Morgan fingerprint density at radius 3 is 2.71 bits per heavy atom. The third-order valence-electron chi connectivity index (χ3n) is 7.76. The molecule has 2 heterocycles. The molecule has 0 unspecified atom stereocenters. The van der Waals surface area contributed by atoms with Gasteiger partial charge in [0.25, 0.3) is 0 Å². The van der Waals surface area contributed by atoms with Gasteiger partial charge in [0.05, 0.1) is 11.9 Å². The molecule has 0 saturated carbocycles. The smallest absolute Gasteiger partial charge is 0.131 e. The van der Waals surface area contributed by atoms with Crippen LogP contribution >= 0.6 is 11.6 Å². The lowest BCUT2D eigenvalue weighted by atomic mass is 9.90. The highest BCUT2D eigenvalue weighted by Crippen LogP contribution is 2.42. The van der Waals surface area contributed by atoms with E-state index in [0.717, 1.165) is 53.0 Å². The Hall–Kier alpha value is -4.51. The van der Waals surface area contributed by atoms with Crippen molar-refractivity contribution in [1.82, 2.24) is 20.3 Å². The van der Waals surface area contributed by atoms with Crippen molar-refractivity contribution in [2.24, 2.45) is 0 Å². The van der Waals surface area contributed by atoms with Gasteiger partial charge in [-0.2, -0.15) is 5.26 Å². The summed E-state index contributed by atoms with van der Waals surface area (Å²) in [7, 11) is 0. The molecule has 42 heavy (non-hydrogen) atoms. The summed E-state index contributed by atoms with van der Waals surface area (Å²) in [6.07, 6.45) is 9.28. The monoisotopic (exact) mass is 577 g/mol. The third kappa shape index (κ3) is 6.06. The van der Waals surface area contributed by atoms with Gasteiger partial charge < -0.3 is 15.0 Å². The van der Waals surface area contributed by atoms with E-state index in [0.29, 0.717) is 29.2 Å². The first kappa shape index (κ1) is 27.6. The number of aromatic amines is 1. The van der Waals surface area contributed by atoms with Gasteiger partial charge in [-0.1, -0.05) is 48.0 Å². The van der Waals surface area contributed by atoms with Gasteiger partial charge >= 0.3 is 0 Å². The zero-order valence-corrected chi connectivity index (χ0v) is 23.7. The maximum Gasteiger partial charge on any atom is 0.131 e. The Bertz CT molecular complexity index is 1750. The number of aromatic nitrogens is 3.